The molecule has 3 heteroatoms. The second-order valence-electron chi connectivity index (χ2n) is 6.38. The summed E-state index contributed by atoms with van der Waals surface area (Å²) >= 11 is 5.68. The first-order valence-corrected chi connectivity index (χ1v) is 8.32. The number of fused-ring (bicyclic) bond motifs is 1. The molecule has 2 aliphatic carbocycles. The molecule has 1 aliphatic heterocycles. The summed E-state index contributed by atoms with van der Waals surface area (Å²) in [7, 11) is 0. The molecule has 3 aliphatic rings. The molecule has 3 fully saturated rings. The summed E-state index contributed by atoms with van der Waals surface area (Å²) in [4.78, 5) is 2.52. The lowest BCUT2D eigenvalue weighted by Gasteiger charge is -2.35. The maximum absolute atomic E-state index is 5.68. The molecule has 1 heterocycles. The van der Waals surface area contributed by atoms with Gasteiger partial charge in [-0.05, 0) is 50.2 Å². The smallest absolute Gasteiger partial charge is 0.169 e. The van der Waals surface area contributed by atoms with Gasteiger partial charge in [-0.2, -0.15) is 0 Å². The fourth-order valence-electron chi connectivity index (χ4n) is 4.16. The van der Waals surface area contributed by atoms with E-state index in [0.717, 1.165) is 17.1 Å². The third-order valence-electron chi connectivity index (χ3n) is 5.20. The molecular formula is C15H26N2S. The van der Waals surface area contributed by atoms with Crippen LogP contribution >= 0.6 is 12.2 Å². The minimum atomic E-state index is 0.661. The maximum Gasteiger partial charge on any atom is 0.169 e. The summed E-state index contributed by atoms with van der Waals surface area (Å²) in [5.74, 6) is 0.935. The van der Waals surface area contributed by atoms with Gasteiger partial charge in [-0.25, -0.2) is 0 Å². The Labute approximate surface area is 116 Å². The van der Waals surface area contributed by atoms with Crippen LogP contribution < -0.4 is 5.32 Å². The highest BCUT2D eigenvalue weighted by Crippen LogP contribution is 2.36. The molecule has 0 aromatic heterocycles. The standard InChI is InChI=1S/C15H26N2S/c18-15(16-13-7-2-1-3-8-13)17-11-10-12-6-4-5-9-14(12)17/h12-14H,1-11H2,(H,16,18). The van der Waals surface area contributed by atoms with Gasteiger partial charge in [0.1, 0.15) is 0 Å². The first kappa shape index (κ1) is 12.7. The van der Waals surface area contributed by atoms with Gasteiger partial charge in [0.15, 0.2) is 5.11 Å². The van der Waals surface area contributed by atoms with E-state index in [1.807, 2.05) is 0 Å². The van der Waals surface area contributed by atoms with Gasteiger partial charge in [0.25, 0.3) is 0 Å². The first-order valence-electron chi connectivity index (χ1n) is 7.92. The van der Waals surface area contributed by atoms with Crippen LogP contribution in [0, 0.1) is 5.92 Å². The van der Waals surface area contributed by atoms with Crippen LogP contribution in [-0.4, -0.2) is 28.6 Å². The molecule has 0 bridgehead atoms. The lowest BCUT2D eigenvalue weighted by Crippen LogP contribution is -2.48. The summed E-state index contributed by atoms with van der Waals surface area (Å²) in [6, 6.07) is 1.43. The van der Waals surface area contributed by atoms with E-state index in [1.165, 1.54) is 70.8 Å². The van der Waals surface area contributed by atoms with E-state index in [9.17, 15) is 0 Å². The lowest BCUT2D eigenvalue weighted by molar-refractivity contribution is 0.249. The molecule has 3 rings (SSSR count). The molecule has 18 heavy (non-hydrogen) atoms. The molecule has 2 unspecified atom stereocenters. The second-order valence-corrected chi connectivity index (χ2v) is 6.77. The topological polar surface area (TPSA) is 15.3 Å². The number of rotatable bonds is 1. The fourth-order valence-corrected chi connectivity index (χ4v) is 4.56. The molecule has 1 saturated heterocycles. The van der Waals surface area contributed by atoms with Crippen LogP contribution in [0.2, 0.25) is 0 Å². The summed E-state index contributed by atoms with van der Waals surface area (Å²) in [6.45, 7) is 1.20. The highest BCUT2D eigenvalue weighted by Gasteiger charge is 2.37. The first-order chi connectivity index (χ1) is 8.84. The average molecular weight is 266 g/mol. The van der Waals surface area contributed by atoms with E-state index < -0.39 is 0 Å². The van der Waals surface area contributed by atoms with Gasteiger partial charge in [0.05, 0.1) is 0 Å². The molecule has 2 nitrogen and oxygen atoms in total. The van der Waals surface area contributed by atoms with Crippen molar-refractivity contribution in [2.24, 2.45) is 5.92 Å². The van der Waals surface area contributed by atoms with E-state index in [1.54, 1.807) is 0 Å². The summed E-state index contributed by atoms with van der Waals surface area (Å²) < 4.78 is 0. The normalized spacial score (nSPS) is 33.2. The van der Waals surface area contributed by atoms with Crippen molar-refractivity contribution in [3.63, 3.8) is 0 Å². The quantitative estimate of drug-likeness (QED) is 0.732. The van der Waals surface area contributed by atoms with E-state index in [0.29, 0.717) is 6.04 Å². The van der Waals surface area contributed by atoms with Crippen LogP contribution in [0.1, 0.15) is 64.2 Å². The van der Waals surface area contributed by atoms with Crippen LogP contribution in [0.3, 0.4) is 0 Å². The maximum atomic E-state index is 5.68. The SMILES string of the molecule is S=C(NC1CCCCC1)N1CCC2CCCCC21. The Bertz CT molecular complexity index is 299. The van der Waals surface area contributed by atoms with Crippen LogP contribution in [0.15, 0.2) is 0 Å². The molecule has 102 valence electrons. The van der Waals surface area contributed by atoms with E-state index in [2.05, 4.69) is 10.2 Å². The Hall–Kier alpha value is -0.310. The highest BCUT2D eigenvalue weighted by molar-refractivity contribution is 7.80. The zero-order valence-electron chi connectivity index (χ0n) is 11.4. The van der Waals surface area contributed by atoms with Gasteiger partial charge in [-0.3, -0.25) is 0 Å². The minimum absolute atomic E-state index is 0.661. The number of nitrogens with one attached hydrogen (secondary N) is 1. The molecule has 0 amide bonds. The van der Waals surface area contributed by atoms with Crippen LogP contribution in [0.25, 0.3) is 0 Å². The number of nitrogens with zero attached hydrogens (tertiary/aromatic N) is 1. The van der Waals surface area contributed by atoms with Gasteiger partial charge in [-0.1, -0.05) is 32.1 Å². The Morgan fingerprint density at radius 1 is 0.889 bits per heavy atom. The van der Waals surface area contributed by atoms with Gasteiger partial charge in [0, 0.05) is 18.6 Å². The molecule has 0 aromatic rings. The summed E-state index contributed by atoms with van der Waals surface area (Å²) in [5, 5.41) is 4.72. The zero-order chi connectivity index (χ0) is 12.4. The average Bonchev–Trinajstić information content (AvgIpc) is 2.84. The van der Waals surface area contributed by atoms with Crippen molar-refractivity contribution in [2.45, 2.75) is 76.3 Å². The Kier molecular flexibility index (Phi) is 4.07. The number of hydrogen-bond donors (Lipinski definition) is 1. The van der Waals surface area contributed by atoms with Crippen molar-refractivity contribution in [3.05, 3.63) is 0 Å². The Morgan fingerprint density at radius 3 is 2.44 bits per heavy atom. The summed E-state index contributed by atoms with van der Waals surface area (Å²) in [5.41, 5.74) is 0. The predicted molar refractivity (Wildman–Crippen MR) is 79.7 cm³/mol. The molecule has 0 radical (unpaired) electrons. The third-order valence-corrected chi connectivity index (χ3v) is 5.56. The number of thiocarbonyl (C=S) groups is 1. The molecule has 0 aromatic carbocycles. The Morgan fingerprint density at radius 2 is 1.61 bits per heavy atom. The third kappa shape index (κ3) is 2.66. The van der Waals surface area contributed by atoms with E-state index >= 15 is 0 Å². The molecule has 0 spiro atoms. The van der Waals surface area contributed by atoms with Gasteiger partial charge in [0.2, 0.25) is 0 Å². The monoisotopic (exact) mass is 266 g/mol. The summed E-state index contributed by atoms with van der Waals surface area (Å²) in [6.07, 6.45) is 13.9. The largest absolute Gasteiger partial charge is 0.360 e. The molecule has 2 saturated carbocycles. The van der Waals surface area contributed by atoms with Gasteiger partial charge >= 0.3 is 0 Å². The van der Waals surface area contributed by atoms with Gasteiger partial charge < -0.3 is 10.2 Å². The van der Waals surface area contributed by atoms with E-state index in [-0.39, 0.29) is 0 Å². The second kappa shape index (κ2) is 5.77. The lowest BCUT2D eigenvalue weighted by atomic mass is 9.85. The van der Waals surface area contributed by atoms with Crippen LogP contribution in [-0.2, 0) is 0 Å². The van der Waals surface area contributed by atoms with E-state index in [4.69, 9.17) is 12.2 Å². The minimum Gasteiger partial charge on any atom is -0.360 e. The van der Waals surface area contributed by atoms with Gasteiger partial charge in [-0.15, -0.1) is 0 Å². The molecule has 2 atom stereocenters. The molecule has 1 N–H and O–H groups in total. The van der Waals surface area contributed by atoms with Crippen molar-refractivity contribution in [3.8, 4) is 0 Å². The van der Waals surface area contributed by atoms with Crippen molar-refractivity contribution in [1.29, 1.82) is 0 Å². The Balaban J connectivity index is 1.55. The fraction of sp³-hybridized carbons (Fsp3) is 0.933. The van der Waals surface area contributed by atoms with Crippen molar-refractivity contribution >= 4 is 17.3 Å². The van der Waals surface area contributed by atoms with Crippen molar-refractivity contribution < 1.29 is 0 Å². The van der Waals surface area contributed by atoms with Crippen molar-refractivity contribution in [1.82, 2.24) is 10.2 Å². The van der Waals surface area contributed by atoms with Crippen molar-refractivity contribution in [2.75, 3.05) is 6.54 Å². The van der Waals surface area contributed by atoms with Crippen LogP contribution in [0.5, 0.6) is 0 Å². The predicted octanol–water partition coefficient (Wildman–Crippen LogP) is 3.46. The number of likely N-dealkylation sites (tertiary alicyclic amines) is 1. The van der Waals surface area contributed by atoms with Crippen LogP contribution in [0.4, 0.5) is 0 Å². The number of hydrogen-bond acceptors (Lipinski definition) is 1. The molecular weight excluding hydrogens is 240 g/mol. The zero-order valence-corrected chi connectivity index (χ0v) is 12.2. The highest BCUT2D eigenvalue weighted by atomic mass is 32.1.